The number of hydrogen-bond acceptors (Lipinski definition) is 4. The molecule has 5 N–H and O–H groups in total. The molecule has 0 aliphatic rings. The van der Waals surface area contributed by atoms with Crippen LogP contribution in [-0.2, 0) is 11.3 Å². The van der Waals surface area contributed by atoms with Crippen molar-refractivity contribution in [1.29, 1.82) is 0 Å². The molecule has 1 aromatic heterocycles. The van der Waals surface area contributed by atoms with Gasteiger partial charge >= 0.3 is 0 Å². The maximum absolute atomic E-state index is 11.0. The van der Waals surface area contributed by atoms with Crippen LogP contribution in [0.3, 0.4) is 0 Å². The average molecular weight is 379 g/mol. The molecule has 0 radical (unpaired) electrons. The van der Waals surface area contributed by atoms with Gasteiger partial charge in [0.25, 0.3) is 5.91 Å². The number of aromatic amines is 1. The van der Waals surface area contributed by atoms with E-state index in [-0.39, 0.29) is 12.5 Å². The number of rotatable bonds is 9. The highest BCUT2D eigenvalue weighted by molar-refractivity contribution is 5.90. The van der Waals surface area contributed by atoms with Gasteiger partial charge in [-0.3, -0.25) is 10.0 Å². The van der Waals surface area contributed by atoms with Crippen molar-refractivity contribution in [1.82, 2.24) is 15.8 Å². The van der Waals surface area contributed by atoms with Gasteiger partial charge in [-0.1, -0.05) is 42.5 Å². The zero-order valence-electron chi connectivity index (χ0n) is 15.6. The summed E-state index contributed by atoms with van der Waals surface area (Å²) in [4.78, 5) is 14.3. The Labute approximate surface area is 163 Å². The summed E-state index contributed by atoms with van der Waals surface area (Å²) >= 11 is 0. The smallest absolute Gasteiger partial charge is 0.267 e. The van der Waals surface area contributed by atoms with Crippen molar-refractivity contribution in [2.45, 2.75) is 18.9 Å². The Morgan fingerprint density at radius 3 is 2.68 bits per heavy atom. The molecule has 0 fully saturated rings. The Kier molecular flexibility index (Phi) is 6.97. The van der Waals surface area contributed by atoms with Crippen LogP contribution >= 0.6 is 0 Å². The highest BCUT2D eigenvalue weighted by Gasteiger charge is 2.15. The van der Waals surface area contributed by atoms with Crippen LogP contribution in [0.5, 0.6) is 0 Å². The number of fused-ring (bicyclic) bond motifs is 1. The van der Waals surface area contributed by atoms with E-state index in [0.717, 1.165) is 23.2 Å². The largest absolute Gasteiger partial charge is 0.396 e. The molecule has 146 valence electrons. The van der Waals surface area contributed by atoms with E-state index in [1.54, 1.807) is 11.6 Å². The first-order valence-electron chi connectivity index (χ1n) is 9.30. The van der Waals surface area contributed by atoms with Gasteiger partial charge in [0, 0.05) is 48.8 Å². The summed E-state index contributed by atoms with van der Waals surface area (Å²) < 4.78 is 0. The average Bonchev–Trinajstić information content (AvgIpc) is 3.16. The van der Waals surface area contributed by atoms with Gasteiger partial charge in [0.2, 0.25) is 0 Å². The lowest BCUT2D eigenvalue weighted by Gasteiger charge is -2.16. The summed E-state index contributed by atoms with van der Waals surface area (Å²) in [6.45, 7) is 1.63. The molecule has 0 aliphatic carbocycles. The lowest BCUT2D eigenvalue weighted by Crippen LogP contribution is -2.22. The molecule has 0 bridgehead atoms. The number of hydrogen-bond donors (Lipinski definition) is 5. The molecular formula is C22H25N3O3. The van der Waals surface area contributed by atoms with Gasteiger partial charge in [0.15, 0.2) is 0 Å². The van der Waals surface area contributed by atoms with Gasteiger partial charge < -0.3 is 15.4 Å². The molecule has 0 saturated carbocycles. The number of aromatic nitrogens is 1. The van der Waals surface area contributed by atoms with Crippen LogP contribution in [0, 0.1) is 0 Å². The maximum atomic E-state index is 11.0. The minimum absolute atomic E-state index is 0.147. The number of amides is 1. The molecule has 3 aromatic rings. The van der Waals surface area contributed by atoms with Crippen LogP contribution in [0.4, 0.5) is 0 Å². The Bertz CT molecular complexity index is 932. The SMILES string of the molecule is O=C(/C=C/c1ccc(CNCC(CCO)c2c[nH]c3ccccc23)cc1)NO. The van der Waals surface area contributed by atoms with Crippen LogP contribution < -0.4 is 10.8 Å². The molecule has 3 rings (SSSR count). The zero-order valence-corrected chi connectivity index (χ0v) is 15.6. The fourth-order valence-electron chi connectivity index (χ4n) is 3.30. The molecule has 1 unspecified atom stereocenters. The number of H-pyrrole nitrogens is 1. The summed E-state index contributed by atoms with van der Waals surface area (Å²) in [5.74, 6) is -0.335. The molecule has 6 nitrogen and oxygen atoms in total. The first kappa shape index (κ1) is 19.8. The number of hydroxylamine groups is 1. The third kappa shape index (κ3) is 5.07. The fourth-order valence-corrected chi connectivity index (χ4v) is 3.30. The van der Waals surface area contributed by atoms with Gasteiger partial charge in [-0.05, 0) is 35.3 Å². The molecule has 2 aromatic carbocycles. The fraction of sp³-hybridized carbons (Fsp3) is 0.227. The normalized spacial score (nSPS) is 12.5. The van der Waals surface area contributed by atoms with E-state index >= 15 is 0 Å². The second-order valence-corrected chi connectivity index (χ2v) is 6.68. The lowest BCUT2D eigenvalue weighted by molar-refractivity contribution is -0.124. The molecule has 1 heterocycles. The Hall–Kier alpha value is -2.93. The molecule has 28 heavy (non-hydrogen) atoms. The van der Waals surface area contributed by atoms with E-state index in [1.165, 1.54) is 17.0 Å². The van der Waals surface area contributed by atoms with Crippen LogP contribution in [0.25, 0.3) is 17.0 Å². The standard InChI is InChI=1S/C22H25N3O3/c26-12-11-18(20-15-24-21-4-2-1-3-19(20)21)14-23-13-17-7-5-16(6-8-17)9-10-22(27)25-28/h1-10,15,18,23-24,26,28H,11-14H2,(H,25,27)/b10-9+. The molecule has 1 atom stereocenters. The van der Waals surface area contributed by atoms with Crippen molar-refractivity contribution < 1.29 is 15.1 Å². The number of nitrogens with one attached hydrogen (secondary N) is 3. The monoisotopic (exact) mass is 379 g/mol. The topological polar surface area (TPSA) is 97.4 Å². The number of aliphatic hydroxyl groups excluding tert-OH is 1. The lowest BCUT2D eigenvalue weighted by atomic mass is 9.95. The highest BCUT2D eigenvalue weighted by Crippen LogP contribution is 2.27. The first-order chi connectivity index (χ1) is 13.7. The van der Waals surface area contributed by atoms with E-state index < -0.39 is 5.91 Å². The Balaban J connectivity index is 1.59. The molecular weight excluding hydrogens is 354 g/mol. The summed E-state index contributed by atoms with van der Waals surface area (Å²) in [5, 5.41) is 22.6. The van der Waals surface area contributed by atoms with Crippen molar-refractivity contribution in [3.05, 3.63) is 77.5 Å². The van der Waals surface area contributed by atoms with E-state index in [9.17, 15) is 9.90 Å². The highest BCUT2D eigenvalue weighted by atomic mass is 16.5. The second kappa shape index (κ2) is 9.85. The van der Waals surface area contributed by atoms with Gasteiger partial charge in [-0.2, -0.15) is 0 Å². The van der Waals surface area contributed by atoms with Crippen molar-refractivity contribution in [3.8, 4) is 0 Å². The number of carbonyl (C=O) groups excluding carboxylic acids is 1. The minimum atomic E-state index is -0.557. The second-order valence-electron chi connectivity index (χ2n) is 6.68. The van der Waals surface area contributed by atoms with Crippen LogP contribution in [0.2, 0.25) is 0 Å². The van der Waals surface area contributed by atoms with E-state index in [1.807, 2.05) is 42.6 Å². The van der Waals surface area contributed by atoms with Gasteiger partial charge in [-0.15, -0.1) is 0 Å². The Morgan fingerprint density at radius 2 is 1.93 bits per heavy atom. The van der Waals surface area contributed by atoms with Crippen molar-refractivity contribution in [2.24, 2.45) is 0 Å². The number of benzene rings is 2. The van der Waals surface area contributed by atoms with Gasteiger partial charge in [-0.25, -0.2) is 5.48 Å². The van der Waals surface area contributed by atoms with E-state index in [0.29, 0.717) is 13.0 Å². The Morgan fingerprint density at radius 1 is 1.14 bits per heavy atom. The molecule has 6 heteroatoms. The summed E-state index contributed by atoms with van der Waals surface area (Å²) in [6, 6.07) is 16.0. The number of aliphatic hydroxyl groups is 1. The van der Waals surface area contributed by atoms with Crippen LogP contribution in [0.1, 0.15) is 29.0 Å². The zero-order chi connectivity index (χ0) is 19.8. The molecule has 1 amide bonds. The summed E-state index contributed by atoms with van der Waals surface area (Å²) in [6.07, 6.45) is 5.65. The quantitative estimate of drug-likeness (QED) is 0.224. The first-order valence-corrected chi connectivity index (χ1v) is 9.30. The molecule has 0 aliphatic heterocycles. The van der Waals surface area contributed by atoms with Crippen molar-refractivity contribution >= 4 is 22.9 Å². The maximum Gasteiger partial charge on any atom is 0.267 e. The van der Waals surface area contributed by atoms with Gasteiger partial charge in [0.1, 0.15) is 0 Å². The number of para-hydroxylation sites is 1. The van der Waals surface area contributed by atoms with E-state index in [2.05, 4.69) is 22.4 Å². The summed E-state index contributed by atoms with van der Waals surface area (Å²) in [7, 11) is 0. The number of carbonyl (C=O) groups is 1. The predicted molar refractivity (Wildman–Crippen MR) is 110 cm³/mol. The third-order valence-corrected chi connectivity index (χ3v) is 4.78. The molecule has 0 spiro atoms. The van der Waals surface area contributed by atoms with Crippen LogP contribution in [-0.4, -0.2) is 34.4 Å². The predicted octanol–water partition coefficient (Wildman–Crippen LogP) is 2.94. The third-order valence-electron chi connectivity index (χ3n) is 4.78. The van der Waals surface area contributed by atoms with Crippen molar-refractivity contribution in [3.63, 3.8) is 0 Å². The van der Waals surface area contributed by atoms with Gasteiger partial charge in [0.05, 0.1) is 0 Å². The summed E-state index contributed by atoms with van der Waals surface area (Å²) in [5.41, 5.74) is 5.90. The van der Waals surface area contributed by atoms with E-state index in [4.69, 9.17) is 5.21 Å². The minimum Gasteiger partial charge on any atom is -0.396 e. The van der Waals surface area contributed by atoms with Crippen LogP contribution in [0.15, 0.2) is 60.8 Å². The van der Waals surface area contributed by atoms with Crippen molar-refractivity contribution in [2.75, 3.05) is 13.2 Å². The molecule has 0 saturated heterocycles.